The number of rotatable bonds is 0. The van der Waals surface area contributed by atoms with Crippen molar-refractivity contribution < 1.29 is 53.8 Å². The maximum Gasteiger partial charge on any atom is 0 e. The molecular weight excluding hydrogens is 321 g/mol. The molecule has 6 heavy (non-hydrogen) atoms. The zero-order valence-corrected chi connectivity index (χ0v) is 10.8. The molecule has 0 aliphatic rings. The minimum absolute atomic E-state index is 0. The molecule has 0 aliphatic carbocycles. The molecule has 0 unspecified atom stereocenters. The second-order valence-electron chi connectivity index (χ2n) is 0. The van der Waals surface area contributed by atoms with E-state index in [9.17, 15) is 0 Å². The first-order valence-corrected chi connectivity index (χ1v) is 1.00. The van der Waals surface area contributed by atoms with Crippen LogP contribution < -0.4 is 0 Å². The van der Waals surface area contributed by atoms with Crippen LogP contribution in [0, 0.1) is 14.9 Å². The Labute approximate surface area is 81.6 Å². The van der Waals surface area contributed by atoms with Gasteiger partial charge < -0.3 is 14.9 Å². The monoisotopic (exact) mass is 333 g/mol. The van der Waals surface area contributed by atoms with E-state index in [1.165, 1.54) is 0 Å². The van der Waals surface area contributed by atoms with Crippen LogP contribution in [-0.4, -0.2) is 0 Å². The predicted octanol–water partition coefficient (Wildman–Crippen LogP) is 1.92. The molecule has 0 N–H and O–H groups in total. The first-order valence-electron chi connectivity index (χ1n) is 1.00. The van der Waals surface area contributed by atoms with Gasteiger partial charge in [-0.3, -0.25) is 0 Å². The van der Waals surface area contributed by atoms with E-state index in [-0.39, 0.29) is 68.6 Å². The van der Waals surface area contributed by atoms with Crippen molar-refractivity contribution in [2.24, 2.45) is 0 Å². The molecule has 0 aromatic rings. The van der Waals surface area contributed by atoms with Crippen LogP contribution in [0.3, 0.4) is 0 Å². The largest absolute Gasteiger partial charge is 0.358 e. The van der Waals surface area contributed by atoms with Crippen LogP contribution in [0.1, 0.15) is 13.8 Å². The Morgan fingerprint density at radius 3 is 0.833 bits per heavy atom. The molecule has 1 radical (unpaired) electrons. The standard InChI is InChI=1S/C2H6.2CH3.W.Y/c1-2;;;;/h1-2H3;2*1H3;;/q;2*-1;;. The Morgan fingerprint density at radius 2 is 0.833 bits per heavy atom. The van der Waals surface area contributed by atoms with Gasteiger partial charge in [-0.2, -0.15) is 0 Å². The summed E-state index contributed by atoms with van der Waals surface area (Å²) in [7, 11) is 0. The molecule has 0 fully saturated rings. The molecule has 0 nitrogen and oxygen atoms in total. The topological polar surface area (TPSA) is 0 Å². The Balaban J connectivity index is -0.000000000833. The summed E-state index contributed by atoms with van der Waals surface area (Å²) in [5.41, 5.74) is 0. The third kappa shape index (κ3) is 41.4. The van der Waals surface area contributed by atoms with Crippen LogP contribution in [0.15, 0.2) is 0 Å². The molecule has 0 aliphatic heterocycles. The minimum atomic E-state index is 0. The van der Waals surface area contributed by atoms with E-state index in [4.69, 9.17) is 0 Å². The summed E-state index contributed by atoms with van der Waals surface area (Å²) >= 11 is 0. The van der Waals surface area contributed by atoms with E-state index in [2.05, 4.69) is 0 Å². The van der Waals surface area contributed by atoms with Gasteiger partial charge in [0.2, 0.25) is 0 Å². The molecule has 2 heteroatoms. The molecule has 0 bridgehead atoms. The van der Waals surface area contributed by atoms with E-state index >= 15 is 0 Å². The van der Waals surface area contributed by atoms with Gasteiger partial charge in [0.15, 0.2) is 0 Å². The van der Waals surface area contributed by atoms with Gasteiger partial charge in [0, 0.05) is 53.8 Å². The smallest absolute Gasteiger partial charge is 0 e. The summed E-state index contributed by atoms with van der Waals surface area (Å²) in [6.07, 6.45) is 0. The van der Waals surface area contributed by atoms with Crippen LogP contribution >= 0.6 is 0 Å². The Morgan fingerprint density at radius 1 is 0.833 bits per heavy atom. The van der Waals surface area contributed by atoms with Gasteiger partial charge in [0.05, 0.1) is 0 Å². The van der Waals surface area contributed by atoms with E-state index in [1.807, 2.05) is 13.8 Å². The van der Waals surface area contributed by atoms with Crippen LogP contribution in [0.25, 0.3) is 0 Å². The molecule has 0 rings (SSSR count). The van der Waals surface area contributed by atoms with Gasteiger partial charge in [-0.1, -0.05) is 13.8 Å². The molecule has 0 spiro atoms. The summed E-state index contributed by atoms with van der Waals surface area (Å²) in [6.45, 7) is 4.00. The summed E-state index contributed by atoms with van der Waals surface area (Å²) in [5, 5.41) is 0. The van der Waals surface area contributed by atoms with E-state index in [0.29, 0.717) is 0 Å². The maximum atomic E-state index is 2.00. The van der Waals surface area contributed by atoms with E-state index < -0.39 is 0 Å². The average molecular weight is 333 g/mol. The molecule has 0 saturated heterocycles. The van der Waals surface area contributed by atoms with E-state index in [1.54, 1.807) is 0 Å². The van der Waals surface area contributed by atoms with Crippen molar-refractivity contribution in [3.63, 3.8) is 0 Å². The van der Waals surface area contributed by atoms with Gasteiger partial charge in [0.25, 0.3) is 0 Å². The van der Waals surface area contributed by atoms with Crippen molar-refractivity contribution in [3.05, 3.63) is 14.9 Å². The van der Waals surface area contributed by atoms with Crippen LogP contribution in [0.2, 0.25) is 0 Å². The summed E-state index contributed by atoms with van der Waals surface area (Å²) in [5.74, 6) is 0. The van der Waals surface area contributed by atoms with Crippen molar-refractivity contribution in [1.29, 1.82) is 0 Å². The van der Waals surface area contributed by atoms with Gasteiger partial charge in [-0.15, -0.1) is 0 Å². The SMILES string of the molecule is CC.[CH3-].[CH3-].[W].[Y]. The van der Waals surface area contributed by atoms with Crippen LogP contribution in [-0.2, 0) is 53.8 Å². The average Bonchev–Trinajstić information content (AvgIpc) is 1.00. The molecular formula is C4H12WY-2. The fourth-order valence-electron chi connectivity index (χ4n) is 0. The number of hydrogen-bond donors (Lipinski definition) is 0. The van der Waals surface area contributed by atoms with Gasteiger partial charge in [-0.25, -0.2) is 0 Å². The molecule has 0 saturated carbocycles. The van der Waals surface area contributed by atoms with Crippen LogP contribution in [0.5, 0.6) is 0 Å². The molecule has 0 atom stereocenters. The Hall–Kier alpha value is 1.79. The van der Waals surface area contributed by atoms with Gasteiger partial charge in [0.1, 0.15) is 0 Å². The molecule has 0 aromatic heterocycles. The summed E-state index contributed by atoms with van der Waals surface area (Å²) in [6, 6.07) is 0. The van der Waals surface area contributed by atoms with Gasteiger partial charge >= 0.3 is 0 Å². The zero-order chi connectivity index (χ0) is 2.00. The molecule has 0 amide bonds. The quantitative estimate of drug-likeness (QED) is 0.595. The van der Waals surface area contributed by atoms with Gasteiger partial charge in [-0.05, 0) is 0 Å². The second-order valence-corrected chi connectivity index (χ2v) is 0. The fraction of sp³-hybridized carbons (Fsp3) is 0.500. The first-order chi connectivity index (χ1) is 1.00. The van der Waals surface area contributed by atoms with Crippen molar-refractivity contribution in [2.75, 3.05) is 0 Å². The Bertz CT molecular complexity index is 7.51. The van der Waals surface area contributed by atoms with Crippen molar-refractivity contribution in [1.82, 2.24) is 0 Å². The second kappa shape index (κ2) is 70.9. The van der Waals surface area contributed by atoms with Crippen molar-refractivity contribution >= 4 is 0 Å². The summed E-state index contributed by atoms with van der Waals surface area (Å²) in [4.78, 5) is 0. The fourth-order valence-corrected chi connectivity index (χ4v) is 0. The minimum Gasteiger partial charge on any atom is -0.358 e. The third-order valence-corrected chi connectivity index (χ3v) is 0. The van der Waals surface area contributed by atoms with Crippen molar-refractivity contribution in [3.8, 4) is 0 Å². The third-order valence-electron chi connectivity index (χ3n) is 0. The predicted molar refractivity (Wildman–Crippen MR) is 24.2 cm³/mol. The molecule has 0 heterocycles. The molecule has 39 valence electrons. The maximum absolute atomic E-state index is 2.00. The Kier molecular flexibility index (Phi) is 545. The molecule has 0 aromatic carbocycles. The number of hydrogen-bond acceptors (Lipinski definition) is 0. The normalized spacial score (nSPS) is 1.00. The van der Waals surface area contributed by atoms with Crippen LogP contribution in [0.4, 0.5) is 0 Å². The van der Waals surface area contributed by atoms with Crippen molar-refractivity contribution in [2.45, 2.75) is 13.8 Å². The zero-order valence-electron chi connectivity index (χ0n) is 4.99. The first kappa shape index (κ1) is 46.1. The van der Waals surface area contributed by atoms with E-state index in [0.717, 1.165) is 0 Å². The summed E-state index contributed by atoms with van der Waals surface area (Å²) < 4.78 is 0.